The third-order valence-corrected chi connectivity index (χ3v) is 12.2. The van der Waals surface area contributed by atoms with Crippen LogP contribution in [-0.2, 0) is 17.6 Å². The molecule has 5 amide bonds. The molecule has 0 aromatic heterocycles. The van der Waals surface area contributed by atoms with E-state index in [1.54, 1.807) is 17.0 Å². The summed E-state index contributed by atoms with van der Waals surface area (Å²) in [5, 5.41) is 6.48. The second-order valence-electron chi connectivity index (χ2n) is 14.7. The van der Waals surface area contributed by atoms with Crippen molar-refractivity contribution in [2.75, 3.05) is 63.9 Å². The van der Waals surface area contributed by atoms with E-state index in [0.29, 0.717) is 80.0 Å². The van der Waals surface area contributed by atoms with Crippen LogP contribution in [0.15, 0.2) is 36.4 Å². The highest BCUT2D eigenvalue weighted by Gasteiger charge is 2.41. The number of piperazine rings is 1. The molecule has 4 N–H and O–H groups in total. The lowest BCUT2D eigenvalue weighted by atomic mass is 9.95. The number of likely N-dealkylation sites (tertiary alicyclic amines) is 1. The fraction of sp³-hybridized carbons (Fsp3) is 0.553. The third kappa shape index (κ3) is 7.11. The maximum absolute atomic E-state index is 14.2. The Morgan fingerprint density at radius 1 is 0.960 bits per heavy atom. The average molecular weight is 701 g/mol. The molecule has 5 aliphatic rings. The molecule has 0 saturated carbocycles. The van der Waals surface area contributed by atoms with Gasteiger partial charge in [-0.1, -0.05) is 35.7 Å². The van der Waals surface area contributed by atoms with E-state index in [2.05, 4.69) is 33.4 Å². The Balaban J connectivity index is 0.993. The number of nitrogens with one attached hydrogen (secondary N) is 2. The van der Waals surface area contributed by atoms with Crippen LogP contribution in [0.4, 0.5) is 21.0 Å². The molecule has 12 heteroatoms. The van der Waals surface area contributed by atoms with E-state index >= 15 is 0 Å². The molecule has 0 radical (unpaired) electrons. The molecule has 4 fully saturated rings. The number of terminal acetylenes is 1. The molecule has 11 nitrogen and oxygen atoms in total. The summed E-state index contributed by atoms with van der Waals surface area (Å²) in [5.74, 6) is 2.48. The number of nitrogen functional groups attached to an aromatic ring is 1. The SMILES string of the molecule is C#Cc1cc(C[C@@H](NC(=O)N2CCC(N3CCc4ccccc4NC3=O)CC2)C(=O)N2CCN(C3CC4CCC(C3)N4C)CC2)cc(Cl)c1N. The van der Waals surface area contributed by atoms with Crippen molar-refractivity contribution in [3.63, 3.8) is 0 Å². The van der Waals surface area contributed by atoms with Gasteiger partial charge in [-0.25, -0.2) is 9.59 Å². The van der Waals surface area contributed by atoms with Gasteiger partial charge >= 0.3 is 12.1 Å². The molecule has 0 spiro atoms. The molecular weight excluding hydrogens is 652 g/mol. The first-order chi connectivity index (χ1) is 24.2. The maximum atomic E-state index is 14.2. The first-order valence-corrected chi connectivity index (χ1v) is 18.6. The maximum Gasteiger partial charge on any atom is 0.322 e. The topological polar surface area (TPSA) is 117 Å². The minimum Gasteiger partial charge on any atom is -0.397 e. The minimum absolute atomic E-state index is 0.0287. The number of hydrogen-bond acceptors (Lipinski definition) is 6. The lowest BCUT2D eigenvalue weighted by molar-refractivity contribution is -0.135. The van der Waals surface area contributed by atoms with E-state index in [4.69, 9.17) is 23.8 Å². The van der Waals surface area contributed by atoms with Crippen LogP contribution in [-0.4, -0.2) is 126 Å². The van der Waals surface area contributed by atoms with E-state index in [0.717, 1.165) is 36.3 Å². The van der Waals surface area contributed by atoms with Crippen molar-refractivity contribution in [1.82, 2.24) is 29.8 Å². The van der Waals surface area contributed by atoms with E-state index in [1.807, 2.05) is 34.1 Å². The molecule has 50 heavy (non-hydrogen) atoms. The molecule has 3 atom stereocenters. The molecule has 2 unspecified atom stereocenters. The number of carbonyl (C=O) groups is 3. The number of carbonyl (C=O) groups excluding carboxylic acids is 3. The Bertz CT molecular complexity index is 1630. The highest BCUT2D eigenvalue weighted by molar-refractivity contribution is 6.33. The van der Waals surface area contributed by atoms with Gasteiger partial charge in [-0.15, -0.1) is 6.42 Å². The van der Waals surface area contributed by atoms with E-state index in [9.17, 15) is 14.4 Å². The van der Waals surface area contributed by atoms with Gasteiger partial charge in [0, 0.05) is 87.7 Å². The second-order valence-corrected chi connectivity index (χ2v) is 15.1. The van der Waals surface area contributed by atoms with Crippen LogP contribution >= 0.6 is 11.6 Å². The van der Waals surface area contributed by atoms with Gasteiger partial charge in [0.15, 0.2) is 0 Å². The number of hydrogen-bond donors (Lipinski definition) is 3. The highest BCUT2D eigenvalue weighted by atomic mass is 35.5. The summed E-state index contributed by atoms with van der Waals surface area (Å²) in [6, 6.07) is 12.2. The number of rotatable bonds is 6. The number of nitrogens with zero attached hydrogens (tertiary/aromatic N) is 5. The Morgan fingerprint density at radius 2 is 1.66 bits per heavy atom. The highest BCUT2D eigenvalue weighted by Crippen LogP contribution is 2.36. The third-order valence-electron chi connectivity index (χ3n) is 11.9. The number of benzene rings is 2. The Hall–Kier alpha value is -3.98. The van der Waals surface area contributed by atoms with E-state index < -0.39 is 6.04 Å². The predicted octanol–water partition coefficient (Wildman–Crippen LogP) is 3.85. The Kier molecular flexibility index (Phi) is 10.1. The molecule has 2 bridgehead atoms. The number of anilines is 2. The molecule has 2 aromatic rings. The number of nitrogens with two attached hydrogens (primary N) is 1. The van der Waals surface area contributed by atoms with Gasteiger partial charge in [0.1, 0.15) is 6.04 Å². The zero-order valence-electron chi connectivity index (χ0n) is 29.0. The van der Waals surface area contributed by atoms with Crippen LogP contribution < -0.4 is 16.4 Å². The monoisotopic (exact) mass is 700 g/mol. The lowest BCUT2D eigenvalue weighted by Gasteiger charge is -2.45. The molecule has 2 aromatic carbocycles. The largest absolute Gasteiger partial charge is 0.397 e. The Labute approximate surface area is 300 Å². The zero-order valence-corrected chi connectivity index (χ0v) is 29.7. The predicted molar refractivity (Wildman–Crippen MR) is 196 cm³/mol. The fourth-order valence-electron chi connectivity index (χ4n) is 8.91. The van der Waals surface area contributed by atoms with Gasteiger partial charge in [-0.3, -0.25) is 9.69 Å². The molecule has 0 aliphatic carbocycles. The minimum atomic E-state index is -0.800. The smallest absolute Gasteiger partial charge is 0.322 e. The Morgan fingerprint density at radius 3 is 2.36 bits per heavy atom. The quantitative estimate of drug-likeness (QED) is 0.312. The summed E-state index contributed by atoms with van der Waals surface area (Å²) in [4.78, 5) is 51.8. The van der Waals surface area contributed by atoms with Crippen molar-refractivity contribution in [2.45, 2.75) is 81.6 Å². The van der Waals surface area contributed by atoms with Crippen molar-refractivity contribution >= 4 is 40.9 Å². The number of piperidine rings is 2. The number of amides is 5. The number of halogens is 1. The molecule has 266 valence electrons. The van der Waals surface area contributed by atoms with Crippen LogP contribution in [0.3, 0.4) is 0 Å². The van der Waals surface area contributed by atoms with Crippen molar-refractivity contribution in [3.05, 3.63) is 58.1 Å². The van der Waals surface area contributed by atoms with E-state index in [1.165, 1.54) is 25.7 Å². The van der Waals surface area contributed by atoms with Gasteiger partial charge in [0.05, 0.1) is 10.7 Å². The summed E-state index contributed by atoms with van der Waals surface area (Å²) in [5.41, 5.74) is 9.61. The van der Waals surface area contributed by atoms with Crippen LogP contribution in [0.1, 0.15) is 55.2 Å². The molecule has 4 saturated heterocycles. The molecule has 7 rings (SSSR count). The summed E-state index contributed by atoms with van der Waals surface area (Å²) in [7, 11) is 2.26. The van der Waals surface area contributed by atoms with Gasteiger partial charge in [0.2, 0.25) is 5.91 Å². The van der Waals surface area contributed by atoms with Gasteiger partial charge in [0.25, 0.3) is 0 Å². The van der Waals surface area contributed by atoms with Crippen molar-refractivity contribution in [3.8, 4) is 12.3 Å². The van der Waals surface area contributed by atoms with Crippen LogP contribution in [0, 0.1) is 12.3 Å². The summed E-state index contributed by atoms with van der Waals surface area (Å²) < 4.78 is 0. The standard InChI is InChI=1S/C38H49ClN8O3/c1-3-26-20-25(21-32(39)35(26)40)22-34(36(48)45-18-16-44(17-19-45)31-23-29-8-9-30(24-31)43(29)2)42-37(49)46-13-11-28(12-14-46)47-15-10-27-6-4-5-7-33(27)41-38(47)50/h1,4-7,20-21,28-31,34H,8-19,22-24,40H2,2H3,(H,41,50)(H,42,49)/t29?,30?,31?,34-/m1/s1. The summed E-state index contributed by atoms with van der Waals surface area (Å²) in [6.45, 7) is 4.51. The fourth-order valence-corrected chi connectivity index (χ4v) is 9.16. The lowest BCUT2D eigenvalue weighted by Crippen LogP contribution is -2.60. The number of fused-ring (bicyclic) bond motifs is 3. The van der Waals surface area contributed by atoms with Crippen LogP contribution in [0.25, 0.3) is 0 Å². The average Bonchev–Trinajstić information content (AvgIpc) is 3.27. The van der Waals surface area contributed by atoms with Crippen LogP contribution in [0.2, 0.25) is 5.02 Å². The zero-order chi connectivity index (χ0) is 34.9. The van der Waals surface area contributed by atoms with Gasteiger partial charge < -0.3 is 36.0 Å². The summed E-state index contributed by atoms with van der Waals surface area (Å²) >= 11 is 6.43. The van der Waals surface area contributed by atoms with E-state index in [-0.39, 0.29) is 30.4 Å². The second kappa shape index (κ2) is 14.7. The van der Waals surface area contributed by atoms with Gasteiger partial charge in [-0.2, -0.15) is 0 Å². The number of para-hydroxylation sites is 1. The molecular formula is C38H49ClN8O3. The van der Waals surface area contributed by atoms with Crippen molar-refractivity contribution in [1.29, 1.82) is 0 Å². The number of urea groups is 2. The molecule has 5 heterocycles. The van der Waals surface area contributed by atoms with Crippen molar-refractivity contribution < 1.29 is 14.4 Å². The van der Waals surface area contributed by atoms with Crippen LogP contribution in [0.5, 0.6) is 0 Å². The molecule has 5 aliphatic heterocycles. The first kappa shape index (κ1) is 34.5. The van der Waals surface area contributed by atoms with Crippen molar-refractivity contribution in [2.24, 2.45) is 0 Å². The van der Waals surface area contributed by atoms with Gasteiger partial charge in [-0.05, 0) is 81.3 Å². The summed E-state index contributed by atoms with van der Waals surface area (Å²) in [6.07, 6.45) is 13.0. The first-order valence-electron chi connectivity index (χ1n) is 18.2. The normalized spacial score (nSPS) is 25.3.